The van der Waals surface area contributed by atoms with E-state index in [1.165, 1.54) is 103 Å². The topological polar surface area (TPSA) is 12.9 Å². The normalized spacial score (nSPS) is 11.2. The van der Waals surface area contributed by atoms with E-state index < -0.39 is 0 Å². The molecule has 0 radical (unpaired) electrons. The fourth-order valence-corrected chi connectivity index (χ4v) is 5.56. The minimum atomic E-state index is 1.02. The minimum Gasteiger partial charge on any atom is -0.248 e. The van der Waals surface area contributed by atoms with Crippen LogP contribution >= 0.6 is 0 Å². The summed E-state index contributed by atoms with van der Waals surface area (Å²) in [5.74, 6) is 0. The van der Waals surface area contributed by atoms with Gasteiger partial charge in [-0.25, -0.2) is 4.98 Å². The van der Waals surface area contributed by atoms with E-state index >= 15 is 0 Å². The average Bonchev–Trinajstić information content (AvgIpc) is 3.01. The molecule has 1 heterocycles. The fraction of sp³-hybridized carbons (Fsp3) is 0.308. The molecular weight excluding hydrogens is 482 g/mol. The smallest absolute Gasteiger partial charge is 0.0709 e. The number of hydrogen-bond donors (Lipinski definition) is 0. The lowest BCUT2D eigenvalue weighted by molar-refractivity contribution is 0.667. The molecule has 0 aliphatic heterocycles. The maximum atomic E-state index is 5.04. The number of benzene rings is 4. The fourth-order valence-electron chi connectivity index (χ4n) is 5.56. The molecule has 0 aliphatic rings. The first-order valence-corrected chi connectivity index (χ1v) is 15.4. The van der Waals surface area contributed by atoms with Crippen LogP contribution in [0.15, 0.2) is 103 Å². The summed E-state index contributed by atoms with van der Waals surface area (Å²) in [5, 5.41) is 1.18. The predicted molar refractivity (Wildman–Crippen MR) is 174 cm³/mol. The molecule has 0 saturated heterocycles. The van der Waals surface area contributed by atoms with Crippen LogP contribution in [0.1, 0.15) is 76.3 Å². The molecule has 1 aromatic heterocycles. The van der Waals surface area contributed by atoms with Crippen molar-refractivity contribution in [3.63, 3.8) is 0 Å². The summed E-state index contributed by atoms with van der Waals surface area (Å²) >= 11 is 0. The Bertz CT molecular complexity index is 1490. The van der Waals surface area contributed by atoms with Gasteiger partial charge in [0.15, 0.2) is 0 Å². The highest BCUT2D eigenvalue weighted by molar-refractivity contribution is 5.86. The Labute approximate surface area is 241 Å². The summed E-state index contributed by atoms with van der Waals surface area (Å²) in [5.41, 5.74) is 11.1. The molecule has 5 rings (SSSR count). The van der Waals surface area contributed by atoms with Gasteiger partial charge in [-0.15, -0.1) is 0 Å². The number of aromatic nitrogens is 1. The van der Waals surface area contributed by atoms with Gasteiger partial charge in [0.05, 0.1) is 11.2 Å². The quantitative estimate of drug-likeness (QED) is 0.139. The number of aryl methyl sites for hydroxylation is 2. The molecular formula is C39H43N. The lowest BCUT2D eigenvalue weighted by Crippen LogP contribution is -1.89. The van der Waals surface area contributed by atoms with E-state index in [4.69, 9.17) is 4.98 Å². The van der Waals surface area contributed by atoms with Crippen molar-refractivity contribution < 1.29 is 0 Å². The zero-order valence-electron chi connectivity index (χ0n) is 24.3. The Morgan fingerprint density at radius 2 is 1.00 bits per heavy atom. The molecule has 4 aromatic carbocycles. The third-order valence-corrected chi connectivity index (χ3v) is 8.06. The highest BCUT2D eigenvalue weighted by Gasteiger charge is 2.07. The molecule has 0 aliphatic carbocycles. The second-order valence-corrected chi connectivity index (χ2v) is 11.2. The number of hydrogen-bond acceptors (Lipinski definition) is 1. The van der Waals surface area contributed by atoms with Gasteiger partial charge in [0.25, 0.3) is 0 Å². The van der Waals surface area contributed by atoms with Crippen LogP contribution in [0.2, 0.25) is 0 Å². The van der Waals surface area contributed by atoms with Gasteiger partial charge in [0, 0.05) is 10.9 Å². The van der Waals surface area contributed by atoms with Crippen LogP contribution in [0.4, 0.5) is 0 Å². The molecule has 0 amide bonds. The van der Waals surface area contributed by atoms with E-state index in [9.17, 15) is 0 Å². The van der Waals surface area contributed by atoms with E-state index in [-0.39, 0.29) is 0 Å². The van der Waals surface area contributed by atoms with E-state index in [1.807, 2.05) is 0 Å². The standard InChI is InChI=1S/C39H43N/c1-3-5-7-9-12-30-16-20-32(21-17-30)34-14-11-15-36(28-34)38-27-25-37-29-35(24-26-39(37)40-38)33-22-18-31(19-23-33)13-10-8-6-4-2/h11,14-29H,3-10,12-13H2,1-2H3. The van der Waals surface area contributed by atoms with Crippen molar-refractivity contribution >= 4 is 10.9 Å². The summed E-state index contributed by atoms with van der Waals surface area (Å²) in [6, 6.07) is 38.0. The van der Waals surface area contributed by atoms with Crippen LogP contribution in [-0.2, 0) is 12.8 Å². The van der Waals surface area contributed by atoms with Crippen LogP contribution in [0, 0.1) is 0 Å². The van der Waals surface area contributed by atoms with Crippen molar-refractivity contribution in [1.82, 2.24) is 4.98 Å². The number of unbranched alkanes of at least 4 members (excludes halogenated alkanes) is 6. The molecule has 0 fully saturated rings. The largest absolute Gasteiger partial charge is 0.248 e. The van der Waals surface area contributed by atoms with Gasteiger partial charge in [-0.1, -0.05) is 131 Å². The second-order valence-electron chi connectivity index (χ2n) is 11.2. The van der Waals surface area contributed by atoms with Gasteiger partial charge >= 0.3 is 0 Å². The van der Waals surface area contributed by atoms with Gasteiger partial charge in [0.2, 0.25) is 0 Å². The number of nitrogens with zero attached hydrogens (tertiary/aromatic N) is 1. The van der Waals surface area contributed by atoms with Crippen molar-refractivity contribution in [2.75, 3.05) is 0 Å². The minimum absolute atomic E-state index is 1.02. The van der Waals surface area contributed by atoms with Crippen molar-refractivity contribution in [2.45, 2.75) is 78.1 Å². The average molecular weight is 526 g/mol. The van der Waals surface area contributed by atoms with Crippen molar-refractivity contribution in [3.05, 3.63) is 114 Å². The molecule has 1 nitrogen and oxygen atoms in total. The Balaban J connectivity index is 1.28. The Morgan fingerprint density at radius 3 is 1.60 bits per heavy atom. The maximum Gasteiger partial charge on any atom is 0.0709 e. The lowest BCUT2D eigenvalue weighted by atomic mass is 9.98. The van der Waals surface area contributed by atoms with E-state index in [1.54, 1.807) is 0 Å². The lowest BCUT2D eigenvalue weighted by Gasteiger charge is -2.09. The molecule has 5 aromatic rings. The third-order valence-electron chi connectivity index (χ3n) is 8.06. The Kier molecular flexibility index (Phi) is 9.80. The maximum absolute atomic E-state index is 5.04. The number of fused-ring (bicyclic) bond motifs is 1. The monoisotopic (exact) mass is 525 g/mol. The molecule has 40 heavy (non-hydrogen) atoms. The molecule has 0 atom stereocenters. The van der Waals surface area contributed by atoms with Crippen molar-refractivity contribution in [1.29, 1.82) is 0 Å². The molecule has 0 unspecified atom stereocenters. The molecule has 0 bridgehead atoms. The van der Waals surface area contributed by atoms with Crippen LogP contribution in [-0.4, -0.2) is 4.98 Å². The summed E-state index contributed by atoms with van der Waals surface area (Å²) in [6.45, 7) is 4.53. The first-order chi connectivity index (χ1) is 19.7. The molecule has 204 valence electrons. The van der Waals surface area contributed by atoms with Crippen LogP contribution in [0.3, 0.4) is 0 Å². The van der Waals surface area contributed by atoms with Crippen molar-refractivity contribution in [2.24, 2.45) is 0 Å². The zero-order chi connectivity index (χ0) is 27.6. The van der Waals surface area contributed by atoms with Crippen LogP contribution in [0.25, 0.3) is 44.4 Å². The molecule has 0 saturated carbocycles. The first kappa shape index (κ1) is 27.8. The summed E-state index contributed by atoms with van der Waals surface area (Å²) in [6.07, 6.45) is 12.8. The number of rotatable bonds is 13. The van der Waals surface area contributed by atoms with Gasteiger partial charge in [-0.05, 0) is 83.3 Å². The highest BCUT2D eigenvalue weighted by atomic mass is 14.7. The molecule has 0 N–H and O–H groups in total. The summed E-state index contributed by atoms with van der Waals surface area (Å²) < 4.78 is 0. The van der Waals surface area contributed by atoms with Crippen molar-refractivity contribution in [3.8, 4) is 33.5 Å². The van der Waals surface area contributed by atoms with Gasteiger partial charge in [-0.3, -0.25) is 0 Å². The van der Waals surface area contributed by atoms with Gasteiger partial charge in [-0.2, -0.15) is 0 Å². The Hall–Kier alpha value is -3.71. The van der Waals surface area contributed by atoms with E-state index in [2.05, 4.69) is 117 Å². The van der Waals surface area contributed by atoms with Gasteiger partial charge < -0.3 is 0 Å². The van der Waals surface area contributed by atoms with Crippen LogP contribution in [0.5, 0.6) is 0 Å². The zero-order valence-corrected chi connectivity index (χ0v) is 24.3. The third kappa shape index (κ3) is 7.27. The molecule has 1 heteroatoms. The number of pyridine rings is 1. The SMILES string of the molecule is CCCCCCc1ccc(-c2cccc(-c3ccc4cc(-c5ccc(CCCCCC)cc5)ccc4n3)c2)cc1. The highest BCUT2D eigenvalue weighted by Crippen LogP contribution is 2.29. The van der Waals surface area contributed by atoms with E-state index in [0.717, 1.165) is 16.8 Å². The van der Waals surface area contributed by atoms with E-state index in [0.29, 0.717) is 0 Å². The first-order valence-electron chi connectivity index (χ1n) is 15.4. The van der Waals surface area contributed by atoms with Gasteiger partial charge in [0.1, 0.15) is 0 Å². The summed E-state index contributed by atoms with van der Waals surface area (Å²) in [7, 11) is 0. The second kappa shape index (κ2) is 14.1. The molecule has 0 spiro atoms. The Morgan fingerprint density at radius 1 is 0.450 bits per heavy atom. The van der Waals surface area contributed by atoms with Crippen LogP contribution < -0.4 is 0 Å². The summed E-state index contributed by atoms with van der Waals surface area (Å²) in [4.78, 5) is 5.04. The predicted octanol–water partition coefficient (Wildman–Crippen LogP) is 11.5.